The summed E-state index contributed by atoms with van der Waals surface area (Å²) in [4.78, 5) is 29.1. The quantitative estimate of drug-likeness (QED) is 0.741. The van der Waals surface area contributed by atoms with Gasteiger partial charge in [-0.3, -0.25) is 4.40 Å². The first-order valence-electron chi connectivity index (χ1n) is 9.14. The second kappa shape index (κ2) is 5.75. The molecule has 0 aromatic carbocycles. The molecule has 7 heteroatoms. The minimum absolute atomic E-state index is 0.205. The zero-order valence-electron chi connectivity index (χ0n) is 14.2. The summed E-state index contributed by atoms with van der Waals surface area (Å²) in [5.41, 5.74) is 2.92. The molecule has 130 valence electrons. The van der Waals surface area contributed by atoms with Gasteiger partial charge in [-0.05, 0) is 31.7 Å². The molecule has 0 saturated carbocycles. The first-order valence-corrected chi connectivity index (χ1v) is 9.14. The molecule has 3 aromatic rings. The number of aromatic amines is 1. The van der Waals surface area contributed by atoms with Crippen molar-refractivity contribution < 1.29 is 4.79 Å². The smallest absolute Gasteiger partial charge is 0.320 e. The monoisotopic (exact) mass is 338 g/mol. The molecule has 2 saturated heterocycles. The number of nitrogens with one attached hydrogen (secondary N) is 1. The second-order valence-corrected chi connectivity index (χ2v) is 7.11. The van der Waals surface area contributed by atoms with Crippen LogP contribution in [-0.2, 0) is 0 Å². The number of carbonyl (C=O) groups is 1. The normalized spacial score (nSPS) is 21.5. The van der Waals surface area contributed by atoms with E-state index >= 15 is 0 Å². The minimum Gasteiger partial charge on any atom is -0.345 e. The Hall–Kier alpha value is -2.57. The van der Waals surface area contributed by atoms with E-state index in [-0.39, 0.29) is 11.9 Å². The fourth-order valence-corrected chi connectivity index (χ4v) is 4.26. The highest BCUT2D eigenvalue weighted by atomic mass is 16.2. The van der Waals surface area contributed by atoms with Gasteiger partial charge >= 0.3 is 6.03 Å². The number of nitrogens with zero attached hydrogens (tertiary/aromatic N) is 5. The van der Waals surface area contributed by atoms with Gasteiger partial charge in [-0.2, -0.15) is 0 Å². The molecule has 1 unspecified atom stereocenters. The number of carbonyl (C=O) groups excluding carboxylic acids is 1. The van der Waals surface area contributed by atoms with E-state index in [4.69, 9.17) is 4.98 Å². The first kappa shape index (κ1) is 14.7. The number of likely N-dealkylation sites (tertiary alicyclic amines) is 2. The Bertz CT molecular complexity index is 922. The van der Waals surface area contributed by atoms with Crippen LogP contribution in [0.3, 0.4) is 0 Å². The highest BCUT2D eigenvalue weighted by molar-refractivity contribution is 5.76. The molecule has 0 aliphatic carbocycles. The van der Waals surface area contributed by atoms with Crippen molar-refractivity contribution in [2.75, 3.05) is 26.2 Å². The first-order chi connectivity index (χ1) is 12.3. The van der Waals surface area contributed by atoms with Crippen LogP contribution in [0, 0.1) is 0 Å². The third kappa shape index (κ3) is 2.37. The number of hydrogen-bond acceptors (Lipinski definition) is 3. The predicted octanol–water partition coefficient (Wildman–Crippen LogP) is 2.61. The number of rotatable bonds is 1. The van der Waals surface area contributed by atoms with Crippen LogP contribution in [0.1, 0.15) is 37.4 Å². The van der Waals surface area contributed by atoms with E-state index in [1.807, 2.05) is 34.5 Å². The summed E-state index contributed by atoms with van der Waals surface area (Å²) in [6, 6.07) is 2.24. The van der Waals surface area contributed by atoms with Crippen molar-refractivity contribution in [3.8, 4) is 0 Å². The Balaban J connectivity index is 1.47. The average molecular weight is 338 g/mol. The number of urea groups is 1. The summed E-state index contributed by atoms with van der Waals surface area (Å²) >= 11 is 0. The second-order valence-electron chi connectivity index (χ2n) is 7.11. The molecule has 1 atom stereocenters. The highest BCUT2D eigenvalue weighted by Crippen LogP contribution is 2.29. The van der Waals surface area contributed by atoms with E-state index in [9.17, 15) is 4.79 Å². The fourth-order valence-electron chi connectivity index (χ4n) is 4.26. The number of H-pyrrole nitrogens is 1. The summed E-state index contributed by atoms with van der Waals surface area (Å²) < 4.78 is 2.19. The van der Waals surface area contributed by atoms with Crippen molar-refractivity contribution in [1.29, 1.82) is 0 Å². The zero-order chi connectivity index (χ0) is 16.8. The van der Waals surface area contributed by atoms with Crippen LogP contribution < -0.4 is 0 Å². The van der Waals surface area contributed by atoms with E-state index in [0.29, 0.717) is 0 Å². The Morgan fingerprint density at radius 2 is 1.88 bits per heavy atom. The van der Waals surface area contributed by atoms with Gasteiger partial charge in [-0.25, -0.2) is 14.8 Å². The fraction of sp³-hybridized carbons (Fsp3) is 0.500. The topological polar surface area (TPSA) is 69.5 Å². The van der Waals surface area contributed by atoms with Gasteiger partial charge in [0.25, 0.3) is 0 Å². The Morgan fingerprint density at radius 3 is 2.76 bits per heavy atom. The van der Waals surface area contributed by atoms with Crippen LogP contribution in [0.2, 0.25) is 0 Å². The molecular formula is C18H22N6O. The number of aromatic nitrogens is 4. The predicted molar refractivity (Wildman–Crippen MR) is 94.6 cm³/mol. The van der Waals surface area contributed by atoms with Crippen molar-refractivity contribution >= 4 is 22.7 Å². The van der Waals surface area contributed by atoms with Gasteiger partial charge in [0.2, 0.25) is 0 Å². The summed E-state index contributed by atoms with van der Waals surface area (Å²) in [5.74, 6) is 1.31. The maximum absolute atomic E-state index is 12.8. The van der Waals surface area contributed by atoms with Crippen molar-refractivity contribution in [1.82, 2.24) is 29.2 Å². The number of piperidine rings is 1. The summed E-state index contributed by atoms with van der Waals surface area (Å²) in [5, 5.41) is 0. The molecule has 5 rings (SSSR count). The highest BCUT2D eigenvalue weighted by Gasteiger charge is 2.31. The Labute approximate surface area is 145 Å². The van der Waals surface area contributed by atoms with Crippen molar-refractivity contribution in [2.45, 2.75) is 31.6 Å². The van der Waals surface area contributed by atoms with Crippen LogP contribution in [0.4, 0.5) is 4.79 Å². The number of fused-ring (bicyclic) bond motifs is 3. The summed E-state index contributed by atoms with van der Waals surface area (Å²) in [7, 11) is 0. The van der Waals surface area contributed by atoms with Gasteiger partial charge in [0.05, 0.1) is 23.4 Å². The molecule has 2 amide bonds. The van der Waals surface area contributed by atoms with Gasteiger partial charge in [0.15, 0.2) is 5.65 Å². The van der Waals surface area contributed by atoms with Crippen LogP contribution in [0.15, 0.2) is 24.7 Å². The number of imidazole rings is 1. The lowest BCUT2D eigenvalue weighted by Gasteiger charge is -2.34. The van der Waals surface area contributed by atoms with Crippen LogP contribution >= 0.6 is 0 Å². The zero-order valence-corrected chi connectivity index (χ0v) is 14.2. The SMILES string of the molecule is O=C(N1CCCC1)N1CCCC(c2ncc3cnc4[nH]ccc4n23)C1. The molecule has 3 aromatic heterocycles. The minimum atomic E-state index is 0.205. The van der Waals surface area contributed by atoms with Crippen molar-refractivity contribution in [3.05, 3.63) is 30.5 Å². The molecule has 25 heavy (non-hydrogen) atoms. The van der Waals surface area contributed by atoms with E-state index in [1.54, 1.807) is 0 Å². The molecule has 2 fully saturated rings. The maximum Gasteiger partial charge on any atom is 0.320 e. The molecule has 2 aliphatic rings. The van der Waals surface area contributed by atoms with Crippen LogP contribution in [0.5, 0.6) is 0 Å². The van der Waals surface area contributed by atoms with Gasteiger partial charge in [-0.1, -0.05) is 0 Å². The lowest BCUT2D eigenvalue weighted by Crippen LogP contribution is -2.46. The van der Waals surface area contributed by atoms with E-state index in [1.165, 1.54) is 0 Å². The number of hydrogen-bond donors (Lipinski definition) is 1. The standard InChI is InChI=1S/C18H22N6O/c25-18(22-7-1-2-8-22)23-9-3-4-13(12-23)17-21-11-14-10-20-16-15(24(14)17)5-6-19-16/h5-6,10-11,13,19H,1-4,7-9,12H2. The van der Waals surface area contributed by atoms with Crippen molar-refractivity contribution in [2.24, 2.45) is 0 Å². The van der Waals surface area contributed by atoms with E-state index in [0.717, 1.165) is 74.4 Å². The van der Waals surface area contributed by atoms with E-state index in [2.05, 4.69) is 14.4 Å². The third-order valence-corrected chi connectivity index (χ3v) is 5.52. The van der Waals surface area contributed by atoms with Crippen LogP contribution in [0.25, 0.3) is 16.7 Å². The van der Waals surface area contributed by atoms with Gasteiger partial charge in [-0.15, -0.1) is 0 Å². The van der Waals surface area contributed by atoms with Crippen molar-refractivity contribution in [3.63, 3.8) is 0 Å². The maximum atomic E-state index is 12.8. The third-order valence-electron chi connectivity index (χ3n) is 5.52. The lowest BCUT2D eigenvalue weighted by molar-refractivity contribution is 0.146. The molecule has 7 nitrogen and oxygen atoms in total. The van der Waals surface area contributed by atoms with Gasteiger partial charge in [0, 0.05) is 38.3 Å². The van der Waals surface area contributed by atoms with Gasteiger partial charge in [0.1, 0.15) is 5.82 Å². The molecule has 0 radical (unpaired) electrons. The molecule has 5 heterocycles. The summed E-state index contributed by atoms with van der Waals surface area (Å²) in [6.07, 6.45) is 10.0. The molecule has 0 bridgehead atoms. The van der Waals surface area contributed by atoms with Gasteiger partial charge < -0.3 is 14.8 Å². The van der Waals surface area contributed by atoms with Crippen LogP contribution in [-0.4, -0.2) is 61.4 Å². The van der Waals surface area contributed by atoms with E-state index < -0.39 is 0 Å². The molecule has 0 spiro atoms. The average Bonchev–Trinajstić information content (AvgIpc) is 3.39. The molecule has 1 N–H and O–H groups in total. The molecular weight excluding hydrogens is 316 g/mol. The Kier molecular flexibility index (Phi) is 3.39. The lowest BCUT2D eigenvalue weighted by atomic mass is 9.97. The summed E-state index contributed by atoms with van der Waals surface area (Å²) in [6.45, 7) is 3.42. The molecule has 2 aliphatic heterocycles. The largest absolute Gasteiger partial charge is 0.345 e. The Morgan fingerprint density at radius 1 is 1.08 bits per heavy atom. The number of amides is 2.